The Morgan fingerprint density at radius 2 is 2.38 bits per heavy atom. The summed E-state index contributed by atoms with van der Waals surface area (Å²) in [5.74, 6) is 1.50. The molecule has 3 aromatic rings. The van der Waals surface area contributed by atoms with Crippen LogP contribution in [0.3, 0.4) is 0 Å². The predicted molar refractivity (Wildman–Crippen MR) is 106 cm³/mol. The number of allylic oxidation sites excluding steroid dienone is 1. The number of hydrogen-bond acceptors (Lipinski definition) is 6. The van der Waals surface area contributed by atoms with Gasteiger partial charge in [-0.05, 0) is 31.4 Å². The molecule has 26 heavy (non-hydrogen) atoms. The molecule has 0 aliphatic carbocycles. The van der Waals surface area contributed by atoms with Gasteiger partial charge in [0, 0.05) is 29.8 Å². The Labute approximate surface area is 159 Å². The number of aromatic nitrogens is 2. The lowest BCUT2D eigenvalue weighted by Gasteiger charge is -2.22. The monoisotopic (exact) mass is 388 g/mol. The summed E-state index contributed by atoms with van der Waals surface area (Å²) in [7, 11) is 0. The van der Waals surface area contributed by atoms with Crippen molar-refractivity contribution in [2.45, 2.75) is 37.1 Å². The Bertz CT molecular complexity index is 953. The maximum absolute atomic E-state index is 13.2. The van der Waals surface area contributed by atoms with Crippen LogP contribution >= 0.6 is 23.1 Å². The summed E-state index contributed by atoms with van der Waals surface area (Å²) < 4.78 is 13.0. The molecule has 1 aliphatic heterocycles. The molecule has 5 nitrogen and oxygen atoms in total. The Kier molecular flexibility index (Phi) is 5.28. The van der Waals surface area contributed by atoms with Crippen molar-refractivity contribution in [3.8, 4) is 11.3 Å². The van der Waals surface area contributed by atoms with Crippen molar-refractivity contribution in [3.05, 3.63) is 46.8 Å². The van der Waals surface area contributed by atoms with E-state index in [2.05, 4.69) is 6.58 Å². The van der Waals surface area contributed by atoms with E-state index in [9.17, 15) is 4.79 Å². The van der Waals surface area contributed by atoms with E-state index in [4.69, 9.17) is 14.1 Å². The molecule has 7 heteroatoms. The Morgan fingerprint density at radius 1 is 1.46 bits per heavy atom. The molecule has 0 spiro atoms. The van der Waals surface area contributed by atoms with Crippen molar-refractivity contribution in [1.29, 1.82) is 0 Å². The van der Waals surface area contributed by atoms with Gasteiger partial charge in [0.15, 0.2) is 5.16 Å². The average molecular weight is 389 g/mol. The molecule has 136 valence electrons. The van der Waals surface area contributed by atoms with Crippen LogP contribution in [-0.2, 0) is 11.3 Å². The lowest BCUT2D eigenvalue weighted by Crippen LogP contribution is -2.25. The molecule has 0 saturated carbocycles. The molecule has 4 rings (SSSR count). The van der Waals surface area contributed by atoms with E-state index in [1.165, 1.54) is 17.8 Å². The molecule has 4 heterocycles. The minimum absolute atomic E-state index is 0.0467. The van der Waals surface area contributed by atoms with Crippen LogP contribution in [0.4, 0.5) is 0 Å². The van der Waals surface area contributed by atoms with Crippen LogP contribution in [0, 0.1) is 0 Å². The molecule has 3 aromatic heterocycles. The lowest BCUT2D eigenvalue weighted by molar-refractivity contribution is 0.0315. The van der Waals surface area contributed by atoms with Crippen molar-refractivity contribution in [2.24, 2.45) is 0 Å². The van der Waals surface area contributed by atoms with E-state index in [-0.39, 0.29) is 11.7 Å². The second-order valence-corrected chi connectivity index (χ2v) is 8.05. The van der Waals surface area contributed by atoms with Crippen LogP contribution in [0.25, 0.3) is 21.5 Å². The summed E-state index contributed by atoms with van der Waals surface area (Å²) in [5, 5.41) is 3.28. The summed E-state index contributed by atoms with van der Waals surface area (Å²) in [6, 6.07) is 3.69. The molecule has 1 unspecified atom stereocenters. The van der Waals surface area contributed by atoms with Crippen LogP contribution < -0.4 is 5.56 Å². The average Bonchev–Trinajstić information content (AvgIpc) is 3.33. The van der Waals surface area contributed by atoms with Gasteiger partial charge < -0.3 is 9.15 Å². The fraction of sp³-hybridized carbons (Fsp3) is 0.368. The fourth-order valence-corrected chi connectivity index (χ4v) is 5.17. The van der Waals surface area contributed by atoms with E-state index in [1.54, 1.807) is 28.7 Å². The Balaban J connectivity index is 1.72. The summed E-state index contributed by atoms with van der Waals surface area (Å²) >= 11 is 3.07. The quantitative estimate of drug-likeness (QED) is 0.352. The molecule has 0 amide bonds. The molecule has 1 fully saturated rings. The smallest absolute Gasteiger partial charge is 0.263 e. The number of thioether (sulfide) groups is 1. The van der Waals surface area contributed by atoms with Crippen molar-refractivity contribution in [3.63, 3.8) is 0 Å². The molecular formula is C19H20N2O3S2. The summed E-state index contributed by atoms with van der Waals surface area (Å²) in [6.07, 6.45) is 6.99. The first-order chi connectivity index (χ1) is 12.8. The van der Waals surface area contributed by atoms with E-state index >= 15 is 0 Å². The zero-order valence-corrected chi connectivity index (χ0v) is 16.0. The normalized spacial score (nSPS) is 17.6. The number of fused-ring (bicyclic) bond motifs is 1. The first kappa shape index (κ1) is 17.6. The molecule has 1 atom stereocenters. The molecule has 1 saturated heterocycles. The van der Waals surface area contributed by atoms with E-state index in [0.717, 1.165) is 40.8 Å². The number of nitrogens with zero attached hydrogens (tertiary/aromatic N) is 2. The van der Waals surface area contributed by atoms with Crippen LogP contribution in [-0.4, -0.2) is 28.0 Å². The van der Waals surface area contributed by atoms with E-state index < -0.39 is 0 Å². The number of furan rings is 1. The lowest BCUT2D eigenvalue weighted by atomic mass is 10.1. The zero-order valence-electron chi connectivity index (χ0n) is 14.3. The van der Waals surface area contributed by atoms with Crippen LogP contribution in [0.2, 0.25) is 0 Å². The van der Waals surface area contributed by atoms with Crippen LogP contribution in [0.5, 0.6) is 0 Å². The molecule has 0 bridgehead atoms. The van der Waals surface area contributed by atoms with Gasteiger partial charge >= 0.3 is 0 Å². The van der Waals surface area contributed by atoms with Crippen LogP contribution in [0.1, 0.15) is 19.3 Å². The zero-order chi connectivity index (χ0) is 17.9. The molecule has 0 aromatic carbocycles. The van der Waals surface area contributed by atoms with Gasteiger partial charge in [-0.2, -0.15) is 0 Å². The number of thiophene rings is 1. The molecule has 1 aliphatic rings. The van der Waals surface area contributed by atoms with Gasteiger partial charge in [0.05, 0.1) is 17.8 Å². The van der Waals surface area contributed by atoms with Gasteiger partial charge in [-0.3, -0.25) is 9.36 Å². The summed E-state index contributed by atoms with van der Waals surface area (Å²) in [4.78, 5) is 18.7. The SMILES string of the molecule is C=CCn1c(SCC2CCCCO2)nc2scc(-c3ccco3)c2c1=O. The maximum Gasteiger partial charge on any atom is 0.263 e. The highest BCUT2D eigenvalue weighted by atomic mass is 32.2. The van der Waals surface area contributed by atoms with Crippen molar-refractivity contribution < 1.29 is 9.15 Å². The Hall–Kier alpha value is -1.83. The number of hydrogen-bond donors (Lipinski definition) is 0. The first-order valence-corrected chi connectivity index (χ1v) is 10.6. The molecule has 0 N–H and O–H groups in total. The van der Waals surface area contributed by atoms with Crippen LogP contribution in [0.15, 0.2) is 50.8 Å². The Morgan fingerprint density at radius 3 is 3.12 bits per heavy atom. The highest BCUT2D eigenvalue weighted by molar-refractivity contribution is 7.99. The molecular weight excluding hydrogens is 368 g/mol. The van der Waals surface area contributed by atoms with Crippen molar-refractivity contribution in [1.82, 2.24) is 9.55 Å². The predicted octanol–water partition coefficient (Wildman–Crippen LogP) is 4.57. The van der Waals surface area contributed by atoms with Gasteiger partial charge in [0.25, 0.3) is 5.56 Å². The van der Waals surface area contributed by atoms with Gasteiger partial charge in [-0.1, -0.05) is 17.8 Å². The number of ether oxygens (including phenoxy) is 1. The van der Waals surface area contributed by atoms with Gasteiger partial charge in [-0.25, -0.2) is 4.98 Å². The van der Waals surface area contributed by atoms with Gasteiger partial charge in [-0.15, -0.1) is 17.9 Å². The topological polar surface area (TPSA) is 57.3 Å². The molecule has 0 radical (unpaired) electrons. The van der Waals surface area contributed by atoms with E-state index in [0.29, 0.717) is 17.7 Å². The standard InChI is InChI=1S/C19H20N2O3S2/c1-2-8-21-18(22)16-14(15-7-5-10-24-15)12-25-17(16)20-19(21)26-11-13-6-3-4-9-23-13/h2,5,7,10,12-13H,1,3-4,6,8-9,11H2. The largest absolute Gasteiger partial charge is 0.464 e. The maximum atomic E-state index is 13.2. The number of rotatable bonds is 6. The highest BCUT2D eigenvalue weighted by Gasteiger charge is 2.20. The summed E-state index contributed by atoms with van der Waals surface area (Å²) in [6.45, 7) is 5.05. The minimum atomic E-state index is -0.0467. The van der Waals surface area contributed by atoms with Crippen molar-refractivity contribution in [2.75, 3.05) is 12.4 Å². The highest BCUT2D eigenvalue weighted by Crippen LogP contribution is 2.32. The minimum Gasteiger partial charge on any atom is -0.464 e. The van der Waals surface area contributed by atoms with E-state index in [1.807, 2.05) is 17.5 Å². The van der Waals surface area contributed by atoms with Gasteiger partial charge in [0.1, 0.15) is 10.6 Å². The van der Waals surface area contributed by atoms with Crippen molar-refractivity contribution >= 4 is 33.3 Å². The fourth-order valence-electron chi connectivity index (χ4n) is 3.13. The second kappa shape index (κ2) is 7.82. The third-order valence-corrected chi connectivity index (χ3v) is 6.41. The third-order valence-electron chi connectivity index (χ3n) is 4.43. The second-order valence-electron chi connectivity index (χ2n) is 6.21. The first-order valence-electron chi connectivity index (χ1n) is 8.69. The third kappa shape index (κ3) is 3.39. The summed E-state index contributed by atoms with van der Waals surface area (Å²) in [5.41, 5.74) is 0.757. The van der Waals surface area contributed by atoms with Gasteiger partial charge in [0.2, 0.25) is 0 Å².